The Hall–Kier alpha value is -3.04. The summed E-state index contributed by atoms with van der Waals surface area (Å²) in [6.07, 6.45) is 2.81. The molecule has 2 aliphatic carbocycles. The second-order valence-corrected chi connectivity index (χ2v) is 12.3. The van der Waals surface area contributed by atoms with Gasteiger partial charge in [-0.3, -0.25) is 4.79 Å². The number of ether oxygens (including phenoxy) is 1. The number of fused-ring (bicyclic) bond motifs is 2. The van der Waals surface area contributed by atoms with Gasteiger partial charge in [0.2, 0.25) is 5.91 Å². The van der Waals surface area contributed by atoms with Crippen molar-refractivity contribution < 1.29 is 28.5 Å². The first-order valence-electron chi connectivity index (χ1n) is 14.0. The molecule has 41 heavy (non-hydrogen) atoms. The van der Waals surface area contributed by atoms with Crippen molar-refractivity contribution >= 4 is 17.5 Å². The molecule has 0 unspecified atom stereocenters. The molecular weight excluding hydrogens is 550 g/mol. The molecule has 1 fully saturated rings. The number of hydrogen-bond acceptors (Lipinski definition) is 5. The van der Waals surface area contributed by atoms with Crippen molar-refractivity contribution in [3.05, 3.63) is 86.9 Å². The Kier molecular flexibility index (Phi) is 7.09. The van der Waals surface area contributed by atoms with Crippen LogP contribution in [-0.2, 0) is 18.4 Å². The van der Waals surface area contributed by atoms with E-state index in [0.717, 1.165) is 18.4 Å². The molecule has 9 heteroatoms. The zero-order chi connectivity index (χ0) is 29.1. The Morgan fingerprint density at radius 2 is 1.85 bits per heavy atom. The van der Waals surface area contributed by atoms with Crippen LogP contribution in [0, 0.1) is 11.6 Å². The molecule has 0 saturated heterocycles. The summed E-state index contributed by atoms with van der Waals surface area (Å²) in [4.78, 5) is 12.6. The SMILES string of the molecule is CC1(O)CCC(NC[C@@]2(c3ccccc3)Cc3c(cc(F)c(Cl)c3-c3c(C(N)=O)cc4c(c3F)[C@@H](O)CC4)O2)CC1. The van der Waals surface area contributed by atoms with Crippen molar-refractivity contribution in [3.8, 4) is 16.9 Å². The molecule has 6 rings (SSSR count). The molecular formula is C32H33ClF2N2O4. The molecule has 1 aliphatic heterocycles. The monoisotopic (exact) mass is 582 g/mol. The number of carbonyl (C=O) groups is 1. The van der Waals surface area contributed by atoms with Crippen molar-refractivity contribution in [2.24, 2.45) is 5.73 Å². The van der Waals surface area contributed by atoms with Gasteiger partial charge in [-0.1, -0.05) is 41.9 Å². The van der Waals surface area contributed by atoms with Crippen LogP contribution in [0.3, 0.4) is 0 Å². The van der Waals surface area contributed by atoms with Gasteiger partial charge in [-0.2, -0.15) is 0 Å². The maximum absolute atomic E-state index is 16.3. The van der Waals surface area contributed by atoms with Crippen LogP contribution < -0.4 is 15.8 Å². The number of aliphatic hydroxyl groups excluding tert-OH is 1. The topological polar surface area (TPSA) is 105 Å². The highest BCUT2D eigenvalue weighted by molar-refractivity contribution is 6.34. The molecule has 0 spiro atoms. The third-order valence-corrected chi connectivity index (χ3v) is 9.39. The number of rotatable bonds is 6. The largest absolute Gasteiger partial charge is 0.480 e. The summed E-state index contributed by atoms with van der Waals surface area (Å²) in [6.45, 7) is 2.22. The van der Waals surface area contributed by atoms with Gasteiger partial charge in [0, 0.05) is 47.3 Å². The van der Waals surface area contributed by atoms with Crippen LogP contribution in [0.25, 0.3) is 11.1 Å². The molecule has 3 aromatic rings. The van der Waals surface area contributed by atoms with E-state index in [9.17, 15) is 15.0 Å². The lowest BCUT2D eigenvalue weighted by Crippen LogP contribution is -2.48. The van der Waals surface area contributed by atoms with Gasteiger partial charge in [0.05, 0.1) is 22.3 Å². The number of aryl methyl sites for hydroxylation is 1. The number of halogens is 3. The second-order valence-electron chi connectivity index (χ2n) is 11.9. The first-order chi connectivity index (χ1) is 19.5. The molecule has 2 atom stereocenters. The normalized spacial score (nSPS) is 26.9. The lowest BCUT2D eigenvalue weighted by atomic mass is 9.82. The molecule has 0 radical (unpaired) electrons. The van der Waals surface area contributed by atoms with Crippen LogP contribution in [0.2, 0.25) is 5.02 Å². The van der Waals surface area contributed by atoms with Crippen molar-refractivity contribution in [1.29, 1.82) is 0 Å². The fraction of sp³-hybridized carbons (Fsp3) is 0.406. The summed E-state index contributed by atoms with van der Waals surface area (Å²) in [5, 5.41) is 24.2. The van der Waals surface area contributed by atoms with E-state index in [1.165, 1.54) is 12.1 Å². The Bertz CT molecular complexity index is 1520. The number of amides is 1. The van der Waals surface area contributed by atoms with Crippen LogP contribution in [0.5, 0.6) is 5.75 Å². The lowest BCUT2D eigenvalue weighted by molar-refractivity contribution is 0.0104. The number of nitrogens with two attached hydrogens (primary N) is 1. The highest BCUT2D eigenvalue weighted by atomic mass is 35.5. The van der Waals surface area contributed by atoms with E-state index < -0.39 is 34.8 Å². The maximum Gasteiger partial charge on any atom is 0.249 e. The van der Waals surface area contributed by atoms with Gasteiger partial charge < -0.3 is 26.0 Å². The van der Waals surface area contributed by atoms with Crippen molar-refractivity contribution in [2.45, 2.75) is 75.2 Å². The number of hydrogen-bond donors (Lipinski definition) is 4. The fourth-order valence-corrected chi connectivity index (χ4v) is 6.98. The minimum absolute atomic E-state index is 0.0152. The summed E-state index contributed by atoms with van der Waals surface area (Å²) >= 11 is 6.56. The van der Waals surface area contributed by atoms with Crippen molar-refractivity contribution in [1.82, 2.24) is 5.32 Å². The van der Waals surface area contributed by atoms with E-state index in [1.807, 2.05) is 37.3 Å². The average Bonchev–Trinajstić information content (AvgIpc) is 3.50. The zero-order valence-electron chi connectivity index (χ0n) is 22.8. The number of benzene rings is 3. The van der Waals surface area contributed by atoms with E-state index in [1.54, 1.807) is 0 Å². The number of carbonyl (C=O) groups excluding carboxylic acids is 1. The van der Waals surface area contributed by atoms with Crippen LogP contribution in [0.15, 0.2) is 42.5 Å². The average molecular weight is 583 g/mol. The highest BCUT2D eigenvalue weighted by Gasteiger charge is 2.45. The first kappa shape index (κ1) is 28.1. The molecule has 0 aromatic heterocycles. The standard InChI is InChI=1S/C32H33ClF2N2O4/c1-31(40)11-9-19(10-12-31)37-16-32(18-5-3-2-4-6-18)15-21-24(41-32)14-22(34)28(33)26(21)27-20(30(36)39)13-17-7-8-23(38)25(17)29(27)35/h2-6,13-14,19,23,37-38,40H,7-12,15-16H2,1H3,(H2,36,39)/t19?,23-,31?,32+/m0/s1. The van der Waals surface area contributed by atoms with Crippen LogP contribution in [0.1, 0.15) is 77.7 Å². The summed E-state index contributed by atoms with van der Waals surface area (Å²) in [7, 11) is 0. The van der Waals surface area contributed by atoms with Gasteiger partial charge in [0.1, 0.15) is 17.4 Å². The predicted octanol–water partition coefficient (Wildman–Crippen LogP) is 5.48. The van der Waals surface area contributed by atoms with Crippen LogP contribution >= 0.6 is 11.6 Å². The molecule has 3 aliphatic rings. The van der Waals surface area contributed by atoms with Crippen molar-refractivity contribution in [3.63, 3.8) is 0 Å². The maximum atomic E-state index is 16.3. The Balaban J connectivity index is 1.46. The van der Waals surface area contributed by atoms with Gasteiger partial charge in [0.15, 0.2) is 5.60 Å². The van der Waals surface area contributed by atoms with E-state index in [-0.39, 0.29) is 45.5 Å². The summed E-state index contributed by atoms with van der Waals surface area (Å²) in [6, 6.07) is 12.4. The third-order valence-electron chi connectivity index (χ3n) is 9.02. The molecule has 1 amide bonds. The number of aliphatic hydroxyl groups is 2. The molecule has 5 N–H and O–H groups in total. The van der Waals surface area contributed by atoms with E-state index in [4.69, 9.17) is 22.1 Å². The Morgan fingerprint density at radius 3 is 2.54 bits per heavy atom. The summed E-state index contributed by atoms with van der Waals surface area (Å²) in [5.74, 6) is -2.31. The minimum Gasteiger partial charge on any atom is -0.480 e. The van der Waals surface area contributed by atoms with Crippen LogP contribution in [0.4, 0.5) is 8.78 Å². The first-order valence-corrected chi connectivity index (χ1v) is 14.4. The van der Waals surface area contributed by atoms with Gasteiger partial charge in [0.25, 0.3) is 0 Å². The Labute approximate surface area is 242 Å². The Morgan fingerprint density at radius 1 is 1.15 bits per heavy atom. The molecule has 3 aromatic carbocycles. The van der Waals surface area contributed by atoms with E-state index >= 15 is 8.78 Å². The summed E-state index contributed by atoms with van der Waals surface area (Å²) in [5.41, 5.74) is 5.63. The van der Waals surface area contributed by atoms with Gasteiger partial charge >= 0.3 is 0 Å². The zero-order valence-corrected chi connectivity index (χ0v) is 23.5. The molecule has 1 saturated carbocycles. The summed E-state index contributed by atoms with van der Waals surface area (Å²) < 4.78 is 38.2. The van der Waals surface area contributed by atoms with Crippen molar-refractivity contribution in [2.75, 3.05) is 6.54 Å². The van der Waals surface area contributed by atoms with E-state index in [2.05, 4.69) is 5.32 Å². The lowest BCUT2D eigenvalue weighted by Gasteiger charge is -2.36. The van der Waals surface area contributed by atoms with Gasteiger partial charge in [-0.25, -0.2) is 8.78 Å². The van der Waals surface area contributed by atoms with Gasteiger partial charge in [-0.15, -0.1) is 0 Å². The predicted molar refractivity (Wildman–Crippen MR) is 152 cm³/mol. The fourth-order valence-electron chi connectivity index (χ4n) is 6.72. The smallest absolute Gasteiger partial charge is 0.249 e. The van der Waals surface area contributed by atoms with Crippen LogP contribution in [-0.4, -0.2) is 34.3 Å². The number of primary amides is 1. The third kappa shape index (κ3) is 4.91. The quantitative estimate of drug-likeness (QED) is 0.308. The molecule has 1 heterocycles. The highest BCUT2D eigenvalue weighted by Crippen LogP contribution is 2.51. The molecule has 6 nitrogen and oxygen atoms in total. The molecule has 0 bridgehead atoms. The second kappa shape index (κ2) is 10.3. The molecule has 216 valence electrons. The number of nitrogens with one attached hydrogen (secondary N) is 1. The minimum atomic E-state index is -1.05. The van der Waals surface area contributed by atoms with Gasteiger partial charge in [-0.05, 0) is 62.6 Å². The van der Waals surface area contributed by atoms with E-state index in [0.29, 0.717) is 43.4 Å².